The number of rotatable bonds is 5. The average Bonchev–Trinajstić information content (AvgIpc) is 3.43. The average molecular weight is 559 g/mol. The largest absolute Gasteiger partial charge is 0.455 e. The predicted octanol–water partition coefficient (Wildman–Crippen LogP) is 11.4. The van der Waals surface area contributed by atoms with E-state index in [0.717, 1.165) is 78.6 Å². The molecular formula is C40H34N2O. The Bertz CT molecular complexity index is 2270. The second-order valence-electron chi connectivity index (χ2n) is 11.2. The molecule has 7 aromatic rings. The van der Waals surface area contributed by atoms with Gasteiger partial charge in [-0.15, -0.1) is 0 Å². The van der Waals surface area contributed by atoms with Gasteiger partial charge in [-0.25, -0.2) is 9.97 Å². The monoisotopic (exact) mass is 558 g/mol. The van der Waals surface area contributed by atoms with Crippen LogP contribution in [-0.4, -0.2) is 9.97 Å². The summed E-state index contributed by atoms with van der Waals surface area (Å²) in [4.78, 5) is 10.7. The Balaban J connectivity index is 1.56. The lowest BCUT2D eigenvalue weighted by atomic mass is 9.91. The van der Waals surface area contributed by atoms with Crippen molar-refractivity contribution in [1.29, 1.82) is 0 Å². The zero-order chi connectivity index (χ0) is 29.7. The van der Waals surface area contributed by atoms with Gasteiger partial charge in [-0.1, -0.05) is 98.0 Å². The SMILES string of the molecule is CC=Cc1c(C)c(C)c(C=CCC)c2nc(C)c(-c3ccccc3-c3cc4ccccc4c4c3oc3ccccc34)nc12. The van der Waals surface area contributed by atoms with Crippen LogP contribution in [0.25, 0.3) is 78.3 Å². The van der Waals surface area contributed by atoms with Crippen molar-refractivity contribution in [2.24, 2.45) is 0 Å². The van der Waals surface area contributed by atoms with Gasteiger partial charge >= 0.3 is 0 Å². The molecule has 0 radical (unpaired) electrons. The molecule has 43 heavy (non-hydrogen) atoms. The van der Waals surface area contributed by atoms with E-state index in [1.807, 2.05) is 6.07 Å². The van der Waals surface area contributed by atoms with Crippen molar-refractivity contribution in [2.45, 2.75) is 41.0 Å². The van der Waals surface area contributed by atoms with Crippen LogP contribution in [0.15, 0.2) is 95.4 Å². The second-order valence-corrected chi connectivity index (χ2v) is 11.2. The maximum absolute atomic E-state index is 6.62. The molecule has 0 saturated heterocycles. The number of aromatic nitrogens is 2. The van der Waals surface area contributed by atoms with Crippen molar-refractivity contribution < 1.29 is 4.42 Å². The van der Waals surface area contributed by atoms with Crippen molar-refractivity contribution in [1.82, 2.24) is 9.97 Å². The number of nitrogens with zero attached hydrogens (tertiary/aromatic N) is 2. The van der Waals surface area contributed by atoms with Gasteiger partial charge in [-0.2, -0.15) is 0 Å². The summed E-state index contributed by atoms with van der Waals surface area (Å²) in [6.45, 7) is 10.7. The van der Waals surface area contributed by atoms with E-state index in [1.165, 1.54) is 21.9 Å². The van der Waals surface area contributed by atoms with E-state index in [1.54, 1.807) is 0 Å². The smallest absolute Gasteiger partial charge is 0.143 e. The minimum Gasteiger partial charge on any atom is -0.455 e. The van der Waals surface area contributed by atoms with Gasteiger partial charge in [0.15, 0.2) is 0 Å². The minimum absolute atomic E-state index is 0.889. The predicted molar refractivity (Wildman–Crippen MR) is 183 cm³/mol. The maximum Gasteiger partial charge on any atom is 0.143 e. The number of furan rings is 1. The first-order valence-corrected chi connectivity index (χ1v) is 15.0. The van der Waals surface area contributed by atoms with E-state index in [-0.39, 0.29) is 0 Å². The van der Waals surface area contributed by atoms with Crippen molar-refractivity contribution in [3.05, 3.63) is 119 Å². The molecule has 5 aromatic carbocycles. The van der Waals surface area contributed by atoms with Crippen molar-refractivity contribution in [3.8, 4) is 22.4 Å². The molecule has 210 valence electrons. The molecule has 2 heterocycles. The van der Waals surface area contributed by atoms with Gasteiger partial charge in [0.05, 0.1) is 22.4 Å². The molecule has 0 N–H and O–H groups in total. The molecule has 0 aliphatic rings. The first-order valence-electron chi connectivity index (χ1n) is 15.0. The number of hydrogen-bond acceptors (Lipinski definition) is 3. The third-order valence-corrected chi connectivity index (χ3v) is 8.65. The zero-order valence-corrected chi connectivity index (χ0v) is 25.3. The van der Waals surface area contributed by atoms with Crippen molar-refractivity contribution >= 4 is 55.9 Å². The minimum atomic E-state index is 0.889. The molecule has 0 aliphatic carbocycles. The molecule has 0 amide bonds. The molecule has 0 atom stereocenters. The Hall–Kier alpha value is -5.02. The van der Waals surface area contributed by atoms with E-state index in [9.17, 15) is 0 Å². The molecule has 0 spiro atoms. The number of allylic oxidation sites excluding steroid dienone is 2. The fraction of sp³-hybridized carbons (Fsp3) is 0.150. The summed E-state index contributed by atoms with van der Waals surface area (Å²) < 4.78 is 6.62. The summed E-state index contributed by atoms with van der Waals surface area (Å²) in [6, 6.07) is 27.7. The highest BCUT2D eigenvalue weighted by molar-refractivity contribution is 6.23. The lowest BCUT2D eigenvalue weighted by Gasteiger charge is -2.17. The van der Waals surface area contributed by atoms with Gasteiger partial charge in [0.1, 0.15) is 11.2 Å². The molecule has 7 rings (SSSR count). The quantitative estimate of drug-likeness (QED) is 0.211. The van der Waals surface area contributed by atoms with Gasteiger partial charge in [0.2, 0.25) is 0 Å². The summed E-state index contributed by atoms with van der Waals surface area (Å²) in [5.74, 6) is 0. The lowest BCUT2D eigenvalue weighted by Crippen LogP contribution is -2.02. The van der Waals surface area contributed by atoms with E-state index in [2.05, 4.69) is 132 Å². The Kier molecular flexibility index (Phi) is 6.66. The fourth-order valence-corrected chi connectivity index (χ4v) is 6.42. The van der Waals surface area contributed by atoms with Crippen LogP contribution >= 0.6 is 0 Å². The standard InChI is InChI=1S/C40H34N2O/c1-6-8-17-29-25(4)24(3)28(15-7-2)39-38(29)41-26(5)37(42-39)32-20-12-11-19-31(32)34-23-27-16-9-10-18-30(27)36-33-21-13-14-22-35(33)43-40(34)36/h7-23H,6H2,1-5H3. The van der Waals surface area contributed by atoms with Crippen LogP contribution in [0.5, 0.6) is 0 Å². The van der Waals surface area contributed by atoms with Crippen LogP contribution in [0.1, 0.15) is 48.2 Å². The van der Waals surface area contributed by atoms with Crippen LogP contribution in [0, 0.1) is 20.8 Å². The topological polar surface area (TPSA) is 38.9 Å². The summed E-state index contributed by atoms with van der Waals surface area (Å²) in [5.41, 5.74) is 13.4. The molecule has 3 nitrogen and oxygen atoms in total. The highest BCUT2D eigenvalue weighted by Gasteiger charge is 2.21. The van der Waals surface area contributed by atoms with Crippen LogP contribution in [-0.2, 0) is 0 Å². The van der Waals surface area contributed by atoms with Crippen LogP contribution in [0.2, 0.25) is 0 Å². The Morgan fingerprint density at radius 2 is 1.35 bits per heavy atom. The molecular weight excluding hydrogens is 524 g/mol. The summed E-state index contributed by atoms with van der Waals surface area (Å²) in [5, 5.41) is 4.65. The number of aryl methyl sites for hydroxylation is 1. The Morgan fingerprint density at radius 1 is 0.698 bits per heavy atom. The molecule has 0 saturated carbocycles. The van der Waals surface area contributed by atoms with Crippen LogP contribution in [0.3, 0.4) is 0 Å². The maximum atomic E-state index is 6.62. The van der Waals surface area contributed by atoms with Crippen LogP contribution < -0.4 is 0 Å². The first-order chi connectivity index (χ1) is 21.0. The first kappa shape index (κ1) is 26.9. The molecule has 0 fully saturated rings. The summed E-state index contributed by atoms with van der Waals surface area (Å²) in [7, 11) is 0. The number of para-hydroxylation sites is 1. The molecule has 3 heteroatoms. The van der Waals surface area contributed by atoms with E-state index < -0.39 is 0 Å². The van der Waals surface area contributed by atoms with E-state index >= 15 is 0 Å². The third-order valence-electron chi connectivity index (χ3n) is 8.65. The Labute approximate surface area is 252 Å². The highest BCUT2D eigenvalue weighted by atomic mass is 16.3. The Morgan fingerprint density at radius 3 is 2.12 bits per heavy atom. The van der Waals surface area contributed by atoms with Gasteiger partial charge in [0.25, 0.3) is 0 Å². The summed E-state index contributed by atoms with van der Waals surface area (Å²) in [6.07, 6.45) is 9.63. The van der Waals surface area contributed by atoms with Crippen molar-refractivity contribution in [3.63, 3.8) is 0 Å². The van der Waals surface area contributed by atoms with Gasteiger partial charge < -0.3 is 4.42 Å². The molecule has 2 aromatic heterocycles. The number of hydrogen-bond donors (Lipinski definition) is 0. The summed E-state index contributed by atoms with van der Waals surface area (Å²) >= 11 is 0. The molecule has 0 bridgehead atoms. The van der Waals surface area contributed by atoms with E-state index in [4.69, 9.17) is 14.4 Å². The number of fused-ring (bicyclic) bond motifs is 6. The third kappa shape index (κ3) is 4.27. The zero-order valence-electron chi connectivity index (χ0n) is 25.3. The normalized spacial score (nSPS) is 12.2. The lowest BCUT2D eigenvalue weighted by molar-refractivity contribution is 0.670. The van der Waals surface area contributed by atoms with Crippen molar-refractivity contribution in [2.75, 3.05) is 0 Å². The van der Waals surface area contributed by atoms with Gasteiger partial charge in [-0.3, -0.25) is 0 Å². The fourth-order valence-electron chi connectivity index (χ4n) is 6.42. The molecule has 0 unspecified atom stereocenters. The number of benzene rings is 5. The highest BCUT2D eigenvalue weighted by Crippen LogP contribution is 2.44. The van der Waals surface area contributed by atoms with Gasteiger partial charge in [-0.05, 0) is 73.7 Å². The van der Waals surface area contributed by atoms with E-state index in [0.29, 0.717) is 0 Å². The molecule has 0 aliphatic heterocycles. The van der Waals surface area contributed by atoms with Gasteiger partial charge in [0, 0.05) is 33.0 Å². The van der Waals surface area contributed by atoms with Crippen LogP contribution in [0.4, 0.5) is 0 Å². The second kappa shape index (κ2) is 10.7.